The summed E-state index contributed by atoms with van der Waals surface area (Å²) in [4.78, 5) is 11.4. The third kappa shape index (κ3) is 12.4. The highest BCUT2D eigenvalue weighted by Gasteiger charge is 2.45. The molecule has 0 N–H and O–H groups in total. The fraction of sp³-hybridized carbons (Fsp3) is 0.155. The number of fused-ring (bicyclic) bond motifs is 8. The monoisotopic (exact) mass is 1380 g/mol. The molecule has 0 radical (unpaired) electrons. The van der Waals surface area contributed by atoms with Gasteiger partial charge >= 0.3 is 0 Å². The predicted octanol–water partition coefficient (Wildman–Crippen LogP) is 26.6. The van der Waals surface area contributed by atoms with Crippen LogP contribution >= 0.6 is 0 Å². The number of nitrogens with zero attached hydrogens (tertiary/aromatic N) is 3. The van der Waals surface area contributed by atoms with Gasteiger partial charge in [-0.05, 0) is 280 Å². The van der Waals surface area contributed by atoms with Crippen molar-refractivity contribution < 1.29 is 0 Å². The zero-order chi connectivity index (χ0) is 73.4. The smallest absolute Gasteiger partial charge is 0.252 e. The molecule has 2 aliphatic rings. The maximum atomic E-state index is 5.99. The third-order valence-electron chi connectivity index (χ3n) is 22.6. The number of hydrogen-bond acceptors (Lipinski definition) is 3. The van der Waals surface area contributed by atoms with Crippen LogP contribution in [0.5, 0.6) is 0 Å². The lowest BCUT2D eigenvalue weighted by molar-refractivity contribution is 0.568. The van der Waals surface area contributed by atoms with Gasteiger partial charge in [0.25, 0.3) is 6.71 Å². The van der Waals surface area contributed by atoms with Gasteiger partial charge in [0.05, 0.1) is 11.4 Å². The Labute approximate surface area is 631 Å². The van der Waals surface area contributed by atoms with Gasteiger partial charge in [-0.1, -0.05) is 277 Å². The minimum atomic E-state index is -0.197. The molecule has 3 nitrogen and oxygen atoms in total. The number of hydrogen-bond donors (Lipinski definition) is 0. The Hall–Kier alpha value is -11.8. The Morgan fingerprint density at radius 3 is 0.776 bits per heavy atom. The Morgan fingerprint density at radius 2 is 0.477 bits per heavy atom. The maximum absolute atomic E-state index is 5.99. The molecule has 0 saturated heterocycles. The summed E-state index contributed by atoms with van der Waals surface area (Å²) in [5.74, 6) is 0. The molecule has 0 spiro atoms. The van der Waals surface area contributed by atoms with E-state index in [1.54, 1.807) is 0 Å². The average Bonchev–Trinajstić information content (AvgIpc) is 0.687. The second kappa shape index (κ2) is 25.5. The molecule has 0 amide bonds. The Bertz CT molecular complexity index is 5670. The lowest BCUT2D eigenvalue weighted by atomic mass is 9.33. The summed E-state index contributed by atoms with van der Waals surface area (Å²) in [6.45, 7) is 28.2. The molecule has 0 unspecified atom stereocenters. The van der Waals surface area contributed by atoms with Crippen molar-refractivity contribution in [1.29, 1.82) is 0 Å². The molecule has 18 rings (SSSR count). The molecular weight excluding hydrogens is 1290 g/mol. The first-order valence-electron chi connectivity index (χ1n) is 38.1. The Kier molecular flexibility index (Phi) is 16.0. The topological polar surface area (TPSA) is 19.4 Å². The highest BCUT2D eigenvalue weighted by atomic mass is 15.2. The molecule has 4 heteroatoms. The Morgan fingerprint density at radius 1 is 0.215 bits per heavy atom. The first-order valence-corrected chi connectivity index (χ1v) is 38.1. The summed E-state index contributed by atoms with van der Waals surface area (Å²) in [5, 5.41) is 9.76. The summed E-state index contributed by atoms with van der Waals surface area (Å²) >= 11 is 0. The highest BCUT2D eigenvalue weighted by Crippen LogP contribution is 2.51. The summed E-state index contributed by atoms with van der Waals surface area (Å²) < 4.78 is 0. The van der Waals surface area contributed by atoms with E-state index in [2.05, 4.69) is 408 Å². The van der Waals surface area contributed by atoms with Gasteiger partial charge in [0.15, 0.2) is 0 Å². The molecule has 15 aromatic carbocycles. The van der Waals surface area contributed by atoms with E-state index in [0.717, 1.165) is 101 Å². The van der Waals surface area contributed by atoms with Gasteiger partial charge in [0.1, 0.15) is 0 Å². The number of aromatic nitrogens is 1. The number of pyridine rings is 1. The van der Waals surface area contributed by atoms with Crippen LogP contribution in [-0.4, -0.2) is 11.7 Å². The van der Waals surface area contributed by atoms with E-state index in [4.69, 9.17) is 4.98 Å². The van der Waals surface area contributed by atoms with E-state index in [9.17, 15) is 0 Å². The second-order valence-corrected chi connectivity index (χ2v) is 34.2. The van der Waals surface area contributed by atoms with Crippen molar-refractivity contribution in [3.63, 3.8) is 0 Å². The van der Waals surface area contributed by atoms with Crippen LogP contribution < -0.4 is 26.2 Å². The summed E-state index contributed by atoms with van der Waals surface area (Å²) in [7, 11) is 0. The lowest BCUT2D eigenvalue weighted by Crippen LogP contribution is -2.61. The molecule has 1 aromatic heterocycles. The fourth-order valence-corrected chi connectivity index (χ4v) is 16.5. The van der Waals surface area contributed by atoms with E-state index in [-0.39, 0.29) is 28.4 Å². The van der Waals surface area contributed by atoms with Crippen LogP contribution in [0.4, 0.5) is 34.1 Å². The van der Waals surface area contributed by atoms with E-state index in [0.29, 0.717) is 0 Å². The van der Waals surface area contributed by atoms with Gasteiger partial charge in [-0.2, -0.15) is 0 Å². The molecular formula is C103H88BN3. The summed E-state index contributed by atoms with van der Waals surface area (Å²) in [5.41, 5.74) is 30.3. The van der Waals surface area contributed by atoms with E-state index < -0.39 is 0 Å². The van der Waals surface area contributed by atoms with Gasteiger partial charge in [-0.15, -0.1) is 0 Å². The van der Waals surface area contributed by atoms with E-state index >= 15 is 0 Å². The first kappa shape index (κ1) is 67.1. The van der Waals surface area contributed by atoms with E-state index in [1.807, 2.05) is 0 Å². The highest BCUT2D eigenvalue weighted by molar-refractivity contribution is 7.00. The minimum absolute atomic E-state index is 0.176. The minimum Gasteiger partial charge on any atom is -0.311 e. The molecule has 2 aliphatic heterocycles. The normalized spacial score (nSPS) is 13.0. The molecule has 107 heavy (non-hydrogen) atoms. The number of benzene rings is 15. The van der Waals surface area contributed by atoms with Crippen molar-refractivity contribution in [2.24, 2.45) is 0 Å². The van der Waals surface area contributed by atoms with Gasteiger partial charge < -0.3 is 9.80 Å². The molecule has 0 aliphatic carbocycles. The third-order valence-corrected chi connectivity index (χ3v) is 22.6. The average molecular weight is 1380 g/mol. The molecule has 0 atom stereocenters. The second-order valence-electron chi connectivity index (χ2n) is 34.2. The van der Waals surface area contributed by atoms with Crippen molar-refractivity contribution >= 4 is 100 Å². The maximum Gasteiger partial charge on any atom is 0.252 e. The van der Waals surface area contributed by atoms with Gasteiger partial charge in [-0.25, -0.2) is 4.98 Å². The van der Waals surface area contributed by atoms with Crippen LogP contribution in [0.3, 0.4) is 0 Å². The lowest BCUT2D eigenvalue weighted by Gasteiger charge is -2.45. The van der Waals surface area contributed by atoms with Crippen LogP contribution in [0.25, 0.3) is 121 Å². The fourth-order valence-electron chi connectivity index (χ4n) is 16.5. The van der Waals surface area contributed by atoms with Crippen molar-refractivity contribution in [2.45, 2.75) is 105 Å². The van der Waals surface area contributed by atoms with Gasteiger partial charge in [0, 0.05) is 45.3 Å². The zero-order valence-corrected chi connectivity index (χ0v) is 63.4. The van der Waals surface area contributed by atoms with Gasteiger partial charge in [0.2, 0.25) is 0 Å². The van der Waals surface area contributed by atoms with Crippen LogP contribution in [0.2, 0.25) is 0 Å². The van der Waals surface area contributed by atoms with Crippen molar-refractivity contribution in [3.05, 3.63) is 338 Å². The van der Waals surface area contributed by atoms with Crippen LogP contribution in [-0.2, 0) is 21.7 Å². The summed E-state index contributed by atoms with van der Waals surface area (Å²) in [6.07, 6.45) is 0. The summed E-state index contributed by atoms with van der Waals surface area (Å²) in [6, 6.07) is 120. The standard InChI is InChI=1S/C103H88BN3/c1-100(2,3)85-59-86(101(4,5)6)62-89(61-85)106-95-55-79-43-71-39-27-25-37-69(71)41-77(79)51-91(95)104-92-52-78-42-70-38-26-28-40-72(70)44-80(78)56-96(92)107(90-63-87(102(7,8)9)60-88(64-90)103(10,11)12)98-58-82(57-97(106)99(98)104)81-53-93(83-47-73(65-29-17-13-18-30-65)45-74(48-83)66-31-19-14-20-32-66)105-94(54-81)84-49-75(67-33-21-15-22-34-67)46-76(50-84)68-35-23-16-24-36-68/h13-64H,1-12H3. The van der Waals surface area contributed by atoms with E-state index in [1.165, 1.54) is 93.1 Å². The van der Waals surface area contributed by atoms with Crippen molar-refractivity contribution in [3.8, 4) is 78.1 Å². The molecule has 0 bridgehead atoms. The molecule has 0 fully saturated rings. The Balaban J connectivity index is 1.01. The molecule has 16 aromatic rings. The first-order chi connectivity index (χ1) is 51.5. The molecule has 518 valence electrons. The number of anilines is 6. The SMILES string of the molecule is CC(C)(C)c1cc(N2c3cc4cc5ccccc5cc4cc3B3c4cc5cc6ccccc6cc5cc4N(c4cc(C(C)(C)C)cc(C(C)(C)C)c4)c4cc(-c5cc(-c6cc(-c7ccccc7)cc(-c7ccccc7)c6)nc(-c6cc(-c7ccccc7)cc(-c7ccccc7)c6)c5)cc2c43)cc(C(C)(C)C)c1. The quantitative estimate of drug-likeness (QED) is 0.106. The van der Waals surface area contributed by atoms with Crippen LogP contribution in [0.15, 0.2) is 315 Å². The number of rotatable bonds is 9. The predicted molar refractivity (Wildman–Crippen MR) is 461 cm³/mol. The zero-order valence-electron chi connectivity index (χ0n) is 63.4. The van der Waals surface area contributed by atoms with Crippen molar-refractivity contribution in [2.75, 3.05) is 9.80 Å². The molecule has 0 saturated carbocycles. The van der Waals surface area contributed by atoms with Crippen molar-refractivity contribution in [1.82, 2.24) is 4.98 Å². The molecule has 3 heterocycles. The van der Waals surface area contributed by atoms with Crippen LogP contribution in [0.1, 0.15) is 105 Å². The largest absolute Gasteiger partial charge is 0.311 e. The van der Waals surface area contributed by atoms with Gasteiger partial charge in [-0.3, -0.25) is 0 Å². The van der Waals surface area contributed by atoms with Crippen LogP contribution in [0, 0.1) is 0 Å².